The Kier molecular flexibility index (Phi) is 6.06. The molecule has 0 saturated carbocycles. The van der Waals surface area contributed by atoms with Crippen molar-refractivity contribution in [2.45, 2.75) is 4.90 Å². The highest BCUT2D eigenvalue weighted by atomic mass is 35.5. The molecule has 0 spiro atoms. The molecule has 2 aromatic rings. The predicted molar refractivity (Wildman–Crippen MR) is 95.5 cm³/mol. The van der Waals surface area contributed by atoms with Gasteiger partial charge in [0.05, 0.1) is 17.6 Å². The molecule has 0 radical (unpaired) electrons. The third kappa shape index (κ3) is 5.23. The number of methoxy groups -OCH3 is 1. The maximum Gasteiger partial charge on any atom is 0.338 e. The molecule has 0 amide bonds. The number of sulfonamides is 1. The summed E-state index contributed by atoms with van der Waals surface area (Å²) in [6.45, 7) is 3.26. The van der Waals surface area contributed by atoms with E-state index in [0.29, 0.717) is 11.4 Å². The van der Waals surface area contributed by atoms with E-state index in [1.54, 1.807) is 24.3 Å². The molecule has 1 N–H and O–H groups in total. The summed E-state index contributed by atoms with van der Waals surface area (Å²) in [5, 5.41) is 0.165. The molecule has 2 aromatic carbocycles. The third-order valence-electron chi connectivity index (χ3n) is 3.08. The van der Waals surface area contributed by atoms with Gasteiger partial charge in [-0.2, -0.15) is 0 Å². The summed E-state index contributed by atoms with van der Waals surface area (Å²) in [7, 11) is -2.35. The molecule has 0 bridgehead atoms. The Bertz CT molecular complexity index is 878. The number of carbonyl (C=O) groups excluding carboxylic acids is 1. The van der Waals surface area contributed by atoms with E-state index in [1.807, 2.05) is 0 Å². The van der Waals surface area contributed by atoms with E-state index in [4.69, 9.17) is 21.1 Å². The Balaban J connectivity index is 2.19. The molecule has 0 fully saturated rings. The molecule has 0 unspecified atom stereocenters. The molecular formula is C17H16ClNO5S. The zero-order valence-corrected chi connectivity index (χ0v) is 14.9. The van der Waals surface area contributed by atoms with Crippen LogP contribution in [0.5, 0.6) is 5.75 Å². The van der Waals surface area contributed by atoms with Gasteiger partial charge in [0.15, 0.2) is 0 Å². The van der Waals surface area contributed by atoms with E-state index < -0.39 is 16.0 Å². The normalized spacial score (nSPS) is 10.8. The summed E-state index contributed by atoms with van der Waals surface area (Å²) in [5.41, 5.74) is 0.461. The van der Waals surface area contributed by atoms with Crippen molar-refractivity contribution >= 4 is 33.3 Å². The van der Waals surface area contributed by atoms with Gasteiger partial charge in [-0.1, -0.05) is 24.2 Å². The predicted octanol–water partition coefficient (Wildman–Crippen LogP) is 3.41. The van der Waals surface area contributed by atoms with Gasteiger partial charge in [-0.25, -0.2) is 13.2 Å². The van der Waals surface area contributed by atoms with Crippen LogP contribution in [0.1, 0.15) is 10.4 Å². The number of rotatable bonds is 7. The number of anilines is 1. The third-order valence-corrected chi connectivity index (χ3v) is 4.57. The van der Waals surface area contributed by atoms with E-state index in [-0.39, 0.29) is 22.1 Å². The van der Waals surface area contributed by atoms with E-state index in [0.717, 1.165) is 0 Å². The average Bonchev–Trinajstić information content (AvgIpc) is 2.60. The highest BCUT2D eigenvalue weighted by Crippen LogP contribution is 2.20. The minimum Gasteiger partial charge on any atom is -0.497 e. The lowest BCUT2D eigenvalue weighted by atomic mass is 10.2. The molecule has 0 heterocycles. The van der Waals surface area contributed by atoms with E-state index in [9.17, 15) is 13.2 Å². The molecular weight excluding hydrogens is 366 g/mol. The quantitative estimate of drug-likeness (QED) is 0.743. The number of nitrogens with one attached hydrogen (secondary N) is 1. The molecule has 132 valence electrons. The maximum absolute atomic E-state index is 12.5. The van der Waals surface area contributed by atoms with Crippen LogP contribution >= 0.6 is 11.6 Å². The lowest BCUT2D eigenvalue weighted by Crippen LogP contribution is -2.14. The summed E-state index contributed by atoms with van der Waals surface area (Å²) >= 11 is 5.54. The smallest absolute Gasteiger partial charge is 0.338 e. The first kappa shape index (κ1) is 18.8. The Hall–Kier alpha value is -2.51. The zero-order valence-electron chi connectivity index (χ0n) is 13.4. The molecule has 2 rings (SSSR count). The van der Waals surface area contributed by atoms with Gasteiger partial charge < -0.3 is 9.47 Å². The van der Waals surface area contributed by atoms with E-state index in [2.05, 4.69) is 11.3 Å². The first-order valence-corrected chi connectivity index (χ1v) is 8.95. The number of hydrogen-bond donors (Lipinski definition) is 1. The molecule has 0 aliphatic carbocycles. The van der Waals surface area contributed by atoms with Crippen LogP contribution < -0.4 is 9.46 Å². The topological polar surface area (TPSA) is 81.7 Å². The molecule has 0 aliphatic heterocycles. The van der Waals surface area contributed by atoms with Crippen LogP contribution in [0.25, 0.3) is 0 Å². The van der Waals surface area contributed by atoms with Crippen molar-refractivity contribution in [1.82, 2.24) is 0 Å². The Labute approximate surface area is 151 Å². The van der Waals surface area contributed by atoms with Gasteiger partial charge in [0.25, 0.3) is 10.0 Å². The lowest BCUT2D eigenvalue weighted by Gasteiger charge is -2.10. The second kappa shape index (κ2) is 8.04. The second-order valence-electron chi connectivity index (χ2n) is 4.96. The first-order valence-electron chi connectivity index (χ1n) is 7.09. The molecule has 0 atom stereocenters. The van der Waals surface area contributed by atoms with Crippen molar-refractivity contribution in [3.05, 3.63) is 65.7 Å². The maximum atomic E-state index is 12.5. The van der Waals surface area contributed by atoms with Crippen molar-refractivity contribution in [2.75, 3.05) is 18.4 Å². The van der Waals surface area contributed by atoms with Gasteiger partial charge in [-0.05, 0) is 42.5 Å². The van der Waals surface area contributed by atoms with Crippen LogP contribution in [0.3, 0.4) is 0 Å². The largest absolute Gasteiger partial charge is 0.497 e. The summed E-state index contributed by atoms with van der Waals surface area (Å²) in [6.07, 6.45) is 0. The molecule has 25 heavy (non-hydrogen) atoms. The monoisotopic (exact) mass is 381 g/mol. The number of carbonyl (C=O) groups is 1. The molecule has 0 aliphatic rings. The van der Waals surface area contributed by atoms with Crippen LogP contribution in [0.2, 0.25) is 0 Å². The van der Waals surface area contributed by atoms with Gasteiger partial charge in [0.2, 0.25) is 0 Å². The Morgan fingerprint density at radius 1 is 1.20 bits per heavy atom. The van der Waals surface area contributed by atoms with Crippen molar-refractivity contribution in [3.8, 4) is 5.75 Å². The summed E-state index contributed by atoms with van der Waals surface area (Å²) in [6, 6.07) is 11.9. The molecule has 8 heteroatoms. The fourth-order valence-corrected chi connectivity index (χ4v) is 3.05. The molecule has 0 aromatic heterocycles. The van der Waals surface area contributed by atoms with Crippen molar-refractivity contribution in [3.63, 3.8) is 0 Å². The Morgan fingerprint density at radius 2 is 1.88 bits per heavy atom. The summed E-state index contributed by atoms with van der Waals surface area (Å²) < 4.78 is 37.3. The first-order chi connectivity index (χ1) is 11.8. The van der Waals surface area contributed by atoms with Crippen LogP contribution in [-0.2, 0) is 14.8 Å². The lowest BCUT2D eigenvalue weighted by molar-refractivity contribution is 0.0546. The SMILES string of the molecule is C=C(Cl)COC(=O)c1cccc(S(=O)(=O)Nc2ccc(OC)cc2)c1. The second-order valence-corrected chi connectivity index (χ2v) is 7.17. The number of benzene rings is 2. The van der Waals surface area contributed by atoms with Crippen LogP contribution in [0.15, 0.2) is 65.0 Å². The van der Waals surface area contributed by atoms with Gasteiger partial charge >= 0.3 is 5.97 Å². The van der Waals surface area contributed by atoms with Crippen LogP contribution in [-0.4, -0.2) is 28.1 Å². The van der Waals surface area contributed by atoms with E-state index in [1.165, 1.54) is 31.4 Å². The standard InChI is InChI=1S/C17H16ClNO5S/c1-12(18)11-24-17(20)13-4-3-5-16(10-13)25(21,22)19-14-6-8-15(23-2)9-7-14/h3-10,19H,1,11H2,2H3. The van der Waals surface area contributed by atoms with Crippen molar-refractivity contribution in [1.29, 1.82) is 0 Å². The molecule has 0 saturated heterocycles. The average molecular weight is 382 g/mol. The highest BCUT2D eigenvalue weighted by molar-refractivity contribution is 7.92. The number of hydrogen-bond acceptors (Lipinski definition) is 5. The zero-order chi connectivity index (χ0) is 18.4. The van der Waals surface area contributed by atoms with Gasteiger partial charge in [-0.3, -0.25) is 4.72 Å². The molecule has 6 nitrogen and oxygen atoms in total. The summed E-state index contributed by atoms with van der Waals surface area (Å²) in [4.78, 5) is 11.8. The van der Waals surface area contributed by atoms with Crippen LogP contribution in [0.4, 0.5) is 5.69 Å². The fourth-order valence-electron chi connectivity index (χ4n) is 1.89. The number of halogens is 1. The van der Waals surface area contributed by atoms with Crippen molar-refractivity contribution < 1.29 is 22.7 Å². The minimum atomic E-state index is -3.86. The van der Waals surface area contributed by atoms with Crippen molar-refractivity contribution in [2.24, 2.45) is 0 Å². The van der Waals surface area contributed by atoms with Crippen LogP contribution in [0, 0.1) is 0 Å². The fraction of sp³-hybridized carbons (Fsp3) is 0.118. The minimum absolute atomic E-state index is 0.0672. The van der Waals surface area contributed by atoms with Gasteiger partial charge in [0, 0.05) is 10.7 Å². The summed E-state index contributed by atoms with van der Waals surface area (Å²) in [5.74, 6) is -0.0862. The highest BCUT2D eigenvalue weighted by Gasteiger charge is 2.17. The Morgan fingerprint density at radius 3 is 2.48 bits per heavy atom. The van der Waals surface area contributed by atoms with E-state index >= 15 is 0 Å². The van der Waals surface area contributed by atoms with Gasteiger partial charge in [0.1, 0.15) is 12.4 Å². The number of ether oxygens (including phenoxy) is 2. The number of esters is 1. The van der Waals surface area contributed by atoms with Gasteiger partial charge in [-0.15, -0.1) is 0 Å².